The Balaban J connectivity index is 1.30. The van der Waals surface area contributed by atoms with Crippen molar-refractivity contribution in [3.05, 3.63) is 96.1 Å². The Morgan fingerprint density at radius 2 is 1.71 bits per heavy atom. The molecule has 6 rings (SSSR count). The number of aromatic nitrogens is 1. The van der Waals surface area contributed by atoms with Crippen molar-refractivity contribution in [2.24, 2.45) is 0 Å². The molecule has 5 nitrogen and oxygen atoms in total. The maximum atomic E-state index is 13.2. The van der Waals surface area contributed by atoms with Crippen LogP contribution in [-0.2, 0) is 6.54 Å². The first kappa shape index (κ1) is 21.9. The van der Waals surface area contributed by atoms with Crippen LogP contribution in [0.4, 0.5) is 5.69 Å². The molecule has 2 N–H and O–H groups in total. The van der Waals surface area contributed by atoms with E-state index in [2.05, 4.69) is 39.8 Å². The molecule has 1 fully saturated rings. The van der Waals surface area contributed by atoms with Crippen molar-refractivity contribution in [2.75, 3.05) is 31.5 Å². The van der Waals surface area contributed by atoms with Crippen LogP contribution >= 0.6 is 11.3 Å². The molecule has 174 valence electrons. The summed E-state index contributed by atoms with van der Waals surface area (Å²) >= 11 is 1.67. The fourth-order valence-electron chi connectivity index (χ4n) is 4.66. The number of anilines is 1. The van der Waals surface area contributed by atoms with Crippen LogP contribution in [0.2, 0.25) is 0 Å². The zero-order valence-corrected chi connectivity index (χ0v) is 20.1. The van der Waals surface area contributed by atoms with Gasteiger partial charge in [-0.3, -0.25) is 9.69 Å². The molecule has 0 atom stereocenters. The topological polar surface area (TPSA) is 57.3 Å². The van der Waals surface area contributed by atoms with Crippen molar-refractivity contribution in [2.45, 2.75) is 6.54 Å². The zero-order chi connectivity index (χ0) is 23.6. The van der Waals surface area contributed by atoms with Crippen molar-refractivity contribution in [3.63, 3.8) is 0 Å². The van der Waals surface area contributed by atoms with Crippen LogP contribution in [0, 0.1) is 0 Å². The molecule has 0 aliphatic carbocycles. The number of para-hydroxylation sites is 2. The molecule has 0 bridgehead atoms. The van der Waals surface area contributed by atoms with E-state index in [0.717, 1.165) is 65.3 Å². The fraction of sp³-hybridized carbons (Fsp3) is 0.172. The molecule has 4 aromatic carbocycles. The summed E-state index contributed by atoms with van der Waals surface area (Å²) in [5.74, 6) is -0.122. The lowest BCUT2D eigenvalue weighted by Crippen LogP contribution is -2.42. The van der Waals surface area contributed by atoms with E-state index in [0.29, 0.717) is 5.56 Å². The summed E-state index contributed by atoms with van der Waals surface area (Å²) in [5.41, 5.74) is 4.66. The first-order valence-electron chi connectivity index (χ1n) is 12.0. The van der Waals surface area contributed by atoms with Gasteiger partial charge in [0.15, 0.2) is 0 Å². The fourth-order valence-corrected chi connectivity index (χ4v) is 5.72. The molecule has 35 heavy (non-hydrogen) atoms. The second-order valence-corrected chi connectivity index (χ2v) is 9.90. The smallest absolute Gasteiger partial charge is 0.255 e. The van der Waals surface area contributed by atoms with E-state index in [1.807, 2.05) is 60.7 Å². The minimum Gasteiger partial charge on any atom is -0.321 e. The summed E-state index contributed by atoms with van der Waals surface area (Å²) < 4.78 is 1.17. The highest BCUT2D eigenvalue weighted by Gasteiger charge is 2.17. The Kier molecular flexibility index (Phi) is 6.00. The Morgan fingerprint density at radius 3 is 2.60 bits per heavy atom. The van der Waals surface area contributed by atoms with Gasteiger partial charge in [0.25, 0.3) is 5.91 Å². The molecule has 1 aliphatic heterocycles. The Morgan fingerprint density at radius 1 is 0.914 bits per heavy atom. The molecule has 1 amide bonds. The number of carbonyl (C=O) groups is 1. The highest BCUT2D eigenvalue weighted by molar-refractivity contribution is 7.21. The van der Waals surface area contributed by atoms with Gasteiger partial charge in [-0.25, -0.2) is 4.98 Å². The molecule has 1 aromatic heterocycles. The number of nitrogens with zero attached hydrogens (tertiary/aromatic N) is 2. The number of benzene rings is 4. The quantitative estimate of drug-likeness (QED) is 0.337. The van der Waals surface area contributed by atoms with E-state index >= 15 is 0 Å². The van der Waals surface area contributed by atoms with Gasteiger partial charge < -0.3 is 10.6 Å². The average molecular weight is 479 g/mol. The number of hydrogen-bond donors (Lipinski definition) is 2. The van der Waals surface area contributed by atoms with Crippen LogP contribution in [0.1, 0.15) is 15.9 Å². The third-order valence-electron chi connectivity index (χ3n) is 6.52. The second kappa shape index (κ2) is 9.58. The molecule has 0 unspecified atom stereocenters. The van der Waals surface area contributed by atoms with Crippen molar-refractivity contribution in [1.82, 2.24) is 15.2 Å². The normalized spacial score (nSPS) is 14.4. The van der Waals surface area contributed by atoms with Gasteiger partial charge in [-0.05, 0) is 46.7 Å². The third-order valence-corrected chi connectivity index (χ3v) is 7.58. The minimum absolute atomic E-state index is 0.122. The largest absolute Gasteiger partial charge is 0.321 e. The van der Waals surface area contributed by atoms with Gasteiger partial charge in [0, 0.05) is 43.9 Å². The predicted octanol–water partition coefficient (Wildman–Crippen LogP) is 5.77. The average Bonchev–Trinajstić information content (AvgIpc) is 3.35. The monoisotopic (exact) mass is 478 g/mol. The molecule has 5 aromatic rings. The van der Waals surface area contributed by atoms with Crippen molar-refractivity contribution in [1.29, 1.82) is 0 Å². The van der Waals surface area contributed by atoms with Crippen LogP contribution in [0.5, 0.6) is 0 Å². The second-order valence-electron chi connectivity index (χ2n) is 8.87. The predicted molar refractivity (Wildman–Crippen MR) is 145 cm³/mol. The molecule has 0 radical (unpaired) electrons. The first-order valence-corrected chi connectivity index (χ1v) is 12.8. The molecular formula is C29H26N4OS. The number of carbonyl (C=O) groups excluding carboxylic acids is 1. The maximum Gasteiger partial charge on any atom is 0.255 e. The summed E-state index contributed by atoms with van der Waals surface area (Å²) in [6, 6.07) is 28.2. The summed E-state index contributed by atoms with van der Waals surface area (Å²) in [6.45, 7) is 5.07. The van der Waals surface area contributed by atoms with E-state index in [-0.39, 0.29) is 5.91 Å². The molecular weight excluding hydrogens is 452 g/mol. The number of hydrogen-bond acceptors (Lipinski definition) is 5. The Hall–Kier alpha value is -3.58. The molecule has 1 saturated heterocycles. The number of fused-ring (bicyclic) bond motifs is 2. The Labute approximate surface area is 208 Å². The van der Waals surface area contributed by atoms with Gasteiger partial charge in [0.2, 0.25) is 0 Å². The number of thiazole rings is 1. The zero-order valence-electron chi connectivity index (χ0n) is 19.3. The van der Waals surface area contributed by atoms with Gasteiger partial charge in [0.1, 0.15) is 5.01 Å². The SMILES string of the molecule is O=C(Nc1ccccc1-c1nc2c(CN3CCNCC3)cccc2s1)c1ccc2ccccc2c1. The maximum absolute atomic E-state index is 13.2. The van der Waals surface area contributed by atoms with Crippen LogP contribution in [0.15, 0.2) is 84.9 Å². The van der Waals surface area contributed by atoms with Crippen LogP contribution in [0.25, 0.3) is 31.6 Å². The van der Waals surface area contributed by atoms with Crippen LogP contribution in [0.3, 0.4) is 0 Å². The first-order chi connectivity index (χ1) is 17.2. The molecule has 6 heteroatoms. The summed E-state index contributed by atoms with van der Waals surface area (Å²) in [4.78, 5) is 20.7. The molecule has 0 saturated carbocycles. The number of amides is 1. The highest BCUT2D eigenvalue weighted by atomic mass is 32.1. The molecule has 1 aliphatic rings. The lowest BCUT2D eigenvalue weighted by atomic mass is 10.1. The highest BCUT2D eigenvalue weighted by Crippen LogP contribution is 2.36. The van der Waals surface area contributed by atoms with Crippen LogP contribution < -0.4 is 10.6 Å². The Bertz CT molecular complexity index is 1520. The van der Waals surface area contributed by atoms with E-state index < -0.39 is 0 Å². The molecule has 0 spiro atoms. The number of rotatable bonds is 5. The van der Waals surface area contributed by atoms with Gasteiger partial charge in [-0.15, -0.1) is 11.3 Å². The number of piperazine rings is 1. The minimum atomic E-state index is -0.122. The summed E-state index contributed by atoms with van der Waals surface area (Å²) in [6.07, 6.45) is 0. The van der Waals surface area contributed by atoms with E-state index in [9.17, 15) is 4.79 Å². The van der Waals surface area contributed by atoms with E-state index in [1.54, 1.807) is 11.3 Å². The van der Waals surface area contributed by atoms with Gasteiger partial charge in [0.05, 0.1) is 15.9 Å². The summed E-state index contributed by atoms with van der Waals surface area (Å²) in [7, 11) is 0. The van der Waals surface area contributed by atoms with Crippen molar-refractivity contribution < 1.29 is 4.79 Å². The van der Waals surface area contributed by atoms with Gasteiger partial charge in [-0.1, -0.05) is 54.6 Å². The van der Waals surface area contributed by atoms with E-state index in [4.69, 9.17) is 4.98 Å². The van der Waals surface area contributed by atoms with Gasteiger partial charge >= 0.3 is 0 Å². The lowest BCUT2D eigenvalue weighted by molar-refractivity contribution is 0.102. The van der Waals surface area contributed by atoms with E-state index in [1.165, 1.54) is 10.3 Å². The molecule has 2 heterocycles. The van der Waals surface area contributed by atoms with Crippen molar-refractivity contribution in [3.8, 4) is 10.6 Å². The summed E-state index contributed by atoms with van der Waals surface area (Å²) in [5, 5.41) is 9.63. The third kappa shape index (κ3) is 4.56. The number of nitrogens with one attached hydrogen (secondary N) is 2. The van der Waals surface area contributed by atoms with Crippen molar-refractivity contribution >= 4 is 43.9 Å². The standard InChI is InChI=1S/C29H26N4OS/c34-28(22-13-12-20-6-1-2-7-21(20)18-22)31-25-10-4-3-9-24(25)29-32-27-23(8-5-11-26(27)35-29)19-33-16-14-30-15-17-33/h1-13,18,30H,14-17,19H2,(H,31,34). The lowest BCUT2D eigenvalue weighted by Gasteiger charge is -2.27. The van der Waals surface area contributed by atoms with Crippen LogP contribution in [-0.4, -0.2) is 42.0 Å². The van der Waals surface area contributed by atoms with Gasteiger partial charge in [-0.2, -0.15) is 0 Å².